The molecule has 0 fully saturated rings. The number of halogens is 2. The second-order valence-corrected chi connectivity index (χ2v) is 8.69. The van der Waals surface area contributed by atoms with Gasteiger partial charge in [0.1, 0.15) is 10.7 Å². The molecule has 2 N–H and O–H groups in total. The average molecular weight is 467 g/mol. The van der Waals surface area contributed by atoms with E-state index in [9.17, 15) is 13.2 Å². The number of hydrazone groups is 1. The molecule has 0 unspecified atom stereocenters. The summed E-state index contributed by atoms with van der Waals surface area (Å²) < 4.78 is 29.7. The van der Waals surface area contributed by atoms with E-state index in [0.29, 0.717) is 22.7 Å². The molecule has 0 saturated carbocycles. The molecule has 8 nitrogen and oxygen atoms in total. The lowest BCUT2D eigenvalue weighted by Crippen LogP contribution is -2.20. The van der Waals surface area contributed by atoms with Crippen molar-refractivity contribution in [2.45, 2.75) is 18.7 Å². The summed E-state index contributed by atoms with van der Waals surface area (Å²) in [6.45, 7) is 3.32. The first kappa shape index (κ1) is 21.8. The number of hydrogen-bond donors (Lipinski definition) is 2. The van der Waals surface area contributed by atoms with Crippen molar-refractivity contribution in [2.24, 2.45) is 5.10 Å². The van der Waals surface area contributed by atoms with E-state index >= 15 is 0 Å². The van der Waals surface area contributed by atoms with E-state index in [0.717, 1.165) is 0 Å². The number of carbonyl (C=O) groups excluding carboxylic acids is 1. The fraction of sp³-hybridized carbons (Fsp3) is 0.105. The van der Waals surface area contributed by atoms with E-state index in [1.165, 1.54) is 24.3 Å². The summed E-state index contributed by atoms with van der Waals surface area (Å²) in [7, 11) is -4.00. The van der Waals surface area contributed by atoms with Gasteiger partial charge < -0.3 is 9.84 Å². The van der Waals surface area contributed by atoms with Gasteiger partial charge in [-0.25, -0.2) is 0 Å². The van der Waals surface area contributed by atoms with Crippen LogP contribution in [0, 0.1) is 6.92 Å². The highest BCUT2D eigenvalue weighted by molar-refractivity contribution is 7.89. The number of anilines is 1. The smallest absolute Gasteiger partial charge is 0.278 e. The molecule has 30 heavy (non-hydrogen) atoms. The molecule has 0 aliphatic rings. The van der Waals surface area contributed by atoms with Crippen LogP contribution in [0.5, 0.6) is 0 Å². The summed E-state index contributed by atoms with van der Waals surface area (Å²) in [5.74, 6) is 0.125. The molecule has 1 heterocycles. The number of rotatable bonds is 6. The third-order valence-electron chi connectivity index (χ3n) is 3.94. The minimum absolute atomic E-state index is 0.0298. The number of hydrogen-bond acceptors (Lipinski definition) is 6. The van der Waals surface area contributed by atoms with Crippen molar-refractivity contribution in [3.05, 3.63) is 75.6 Å². The van der Waals surface area contributed by atoms with E-state index in [-0.39, 0.29) is 20.6 Å². The van der Waals surface area contributed by atoms with E-state index in [4.69, 9.17) is 27.7 Å². The molecule has 1 amide bonds. The highest BCUT2D eigenvalue weighted by Gasteiger charge is 2.18. The standard InChI is InChI=1S/C19H16Cl2N4O4S/c1-11-9-17(24-29-11)19(26)22-15-6-3-13(4-7-15)12(2)23-25-30(27,28)18-10-14(20)5-8-16(18)21/h3-10,25H,1-2H3,(H,22,26). The lowest BCUT2D eigenvalue weighted by Gasteiger charge is -2.08. The largest absolute Gasteiger partial charge is 0.361 e. The van der Waals surface area contributed by atoms with Crippen LogP contribution in [0.3, 0.4) is 0 Å². The molecule has 0 radical (unpaired) electrons. The van der Waals surface area contributed by atoms with Crippen LogP contribution in [-0.2, 0) is 10.0 Å². The summed E-state index contributed by atoms with van der Waals surface area (Å²) in [5, 5.41) is 10.5. The SMILES string of the molecule is CC(=NNS(=O)(=O)c1cc(Cl)ccc1Cl)c1ccc(NC(=O)c2cc(C)on2)cc1. The Morgan fingerprint density at radius 2 is 1.80 bits per heavy atom. The van der Waals surface area contributed by atoms with Gasteiger partial charge in [0, 0.05) is 16.8 Å². The maximum Gasteiger partial charge on any atom is 0.278 e. The van der Waals surface area contributed by atoms with E-state index in [1.807, 2.05) is 0 Å². The van der Waals surface area contributed by atoms with Crippen molar-refractivity contribution in [1.82, 2.24) is 9.99 Å². The first-order valence-electron chi connectivity index (χ1n) is 8.52. The third kappa shape index (κ3) is 5.18. The number of aryl methyl sites for hydroxylation is 1. The maximum atomic E-state index is 12.4. The van der Waals surface area contributed by atoms with Gasteiger partial charge in [-0.3, -0.25) is 4.79 Å². The zero-order valence-electron chi connectivity index (χ0n) is 15.8. The summed E-state index contributed by atoms with van der Waals surface area (Å²) in [4.78, 5) is 14.1. The molecule has 0 saturated heterocycles. The van der Waals surface area contributed by atoms with Crippen LogP contribution in [0.15, 0.2) is 63.1 Å². The van der Waals surface area contributed by atoms with Gasteiger partial charge in [0.15, 0.2) is 5.69 Å². The summed E-state index contributed by atoms with van der Waals surface area (Å²) in [6, 6.07) is 12.3. The third-order valence-corrected chi connectivity index (χ3v) is 5.86. The van der Waals surface area contributed by atoms with Gasteiger partial charge in [0.25, 0.3) is 15.9 Å². The van der Waals surface area contributed by atoms with Crippen molar-refractivity contribution in [3.63, 3.8) is 0 Å². The molecule has 2 aromatic carbocycles. The highest BCUT2D eigenvalue weighted by atomic mass is 35.5. The second kappa shape index (κ2) is 8.86. The van der Waals surface area contributed by atoms with Gasteiger partial charge >= 0.3 is 0 Å². The Bertz CT molecular complexity index is 1220. The fourth-order valence-electron chi connectivity index (χ4n) is 2.39. The molecular formula is C19H16Cl2N4O4S. The van der Waals surface area contributed by atoms with Gasteiger partial charge in [-0.15, -0.1) is 0 Å². The van der Waals surface area contributed by atoms with Crippen molar-refractivity contribution in [1.29, 1.82) is 0 Å². The van der Waals surface area contributed by atoms with E-state index in [1.54, 1.807) is 38.1 Å². The monoisotopic (exact) mass is 466 g/mol. The quantitative estimate of drug-likeness (QED) is 0.416. The Hall–Kier alpha value is -2.88. The van der Waals surface area contributed by atoms with Crippen LogP contribution in [-0.4, -0.2) is 25.2 Å². The second-order valence-electron chi connectivity index (χ2n) is 6.22. The number of benzene rings is 2. The minimum Gasteiger partial charge on any atom is -0.361 e. The molecule has 0 atom stereocenters. The predicted molar refractivity (Wildman–Crippen MR) is 115 cm³/mol. The molecule has 0 spiro atoms. The van der Waals surface area contributed by atoms with Crippen molar-refractivity contribution in [3.8, 4) is 0 Å². The van der Waals surface area contributed by atoms with Crippen LogP contribution >= 0.6 is 23.2 Å². The Morgan fingerprint density at radius 1 is 1.10 bits per heavy atom. The Kier molecular flexibility index (Phi) is 6.45. The average Bonchev–Trinajstić information content (AvgIpc) is 3.15. The highest BCUT2D eigenvalue weighted by Crippen LogP contribution is 2.24. The number of amides is 1. The molecule has 156 valence electrons. The number of aromatic nitrogens is 1. The first-order chi connectivity index (χ1) is 14.2. The Balaban J connectivity index is 1.70. The van der Waals surface area contributed by atoms with Gasteiger partial charge in [-0.05, 0) is 49.7 Å². The van der Waals surface area contributed by atoms with Gasteiger partial charge in [-0.2, -0.15) is 18.4 Å². The van der Waals surface area contributed by atoms with Crippen LogP contribution < -0.4 is 10.1 Å². The number of nitrogens with one attached hydrogen (secondary N) is 2. The number of carbonyl (C=O) groups is 1. The molecule has 0 aliphatic heterocycles. The lowest BCUT2D eigenvalue weighted by molar-refractivity contribution is 0.101. The van der Waals surface area contributed by atoms with E-state index in [2.05, 4.69) is 20.4 Å². The predicted octanol–water partition coefficient (Wildman–Crippen LogP) is 4.24. The molecular weight excluding hydrogens is 451 g/mol. The van der Waals surface area contributed by atoms with E-state index < -0.39 is 15.9 Å². The summed E-state index contributed by atoms with van der Waals surface area (Å²) in [5.41, 5.74) is 1.75. The number of nitrogens with zero attached hydrogens (tertiary/aromatic N) is 2. The molecule has 3 rings (SSSR count). The van der Waals surface area contributed by atoms with Crippen LogP contribution in [0.1, 0.15) is 28.7 Å². The van der Waals surface area contributed by atoms with Crippen LogP contribution in [0.4, 0.5) is 5.69 Å². The van der Waals surface area contributed by atoms with Crippen molar-refractivity contribution in [2.75, 3.05) is 5.32 Å². The Morgan fingerprint density at radius 3 is 2.43 bits per heavy atom. The van der Waals surface area contributed by atoms with Crippen LogP contribution in [0.25, 0.3) is 0 Å². The Labute approximate surface area is 182 Å². The van der Waals surface area contributed by atoms with Gasteiger partial charge in [0.05, 0.1) is 10.7 Å². The van der Waals surface area contributed by atoms with Gasteiger partial charge in [0.2, 0.25) is 0 Å². The zero-order chi connectivity index (χ0) is 21.9. The van der Waals surface area contributed by atoms with Crippen LogP contribution in [0.2, 0.25) is 10.0 Å². The molecule has 1 aromatic heterocycles. The summed E-state index contributed by atoms with van der Waals surface area (Å²) in [6.07, 6.45) is 0. The normalized spacial score (nSPS) is 11.9. The van der Waals surface area contributed by atoms with Gasteiger partial charge in [-0.1, -0.05) is 40.5 Å². The first-order valence-corrected chi connectivity index (χ1v) is 10.8. The molecule has 0 aliphatic carbocycles. The fourth-order valence-corrected chi connectivity index (χ4v) is 4.01. The summed E-state index contributed by atoms with van der Waals surface area (Å²) >= 11 is 11.8. The van der Waals surface area contributed by atoms with Crippen molar-refractivity contribution < 1.29 is 17.7 Å². The molecule has 0 bridgehead atoms. The van der Waals surface area contributed by atoms with Crippen molar-refractivity contribution >= 4 is 50.5 Å². The number of sulfonamides is 1. The lowest BCUT2D eigenvalue weighted by atomic mass is 10.1. The minimum atomic E-state index is -4.00. The molecule has 11 heteroatoms. The topological polar surface area (TPSA) is 114 Å². The molecule has 3 aromatic rings. The maximum absolute atomic E-state index is 12.4. The zero-order valence-corrected chi connectivity index (χ0v) is 18.1.